The Hall–Kier alpha value is -2.64. The fraction of sp³-hybridized carbons (Fsp3) is 0.0556. The SMILES string of the molecule is Cc1[nH]n(-c2ccc(Cl)cc2)c(=O)c1/C=N\NC(=O)c1cccc(Br)c1. The molecule has 2 aromatic carbocycles. The number of hydrazone groups is 1. The van der Waals surface area contributed by atoms with Gasteiger partial charge in [0.1, 0.15) is 0 Å². The molecule has 0 spiro atoms. The molecular weight excluding hydrogens is 420 g/mol. The first-order valence-corrected chi connectivity index (χ1v) is 8.79. The van der Waals surface area contributed by atoms with Crippen LogP contribution in [0.3, 0.4) is 0 Å². The Morgan fingerprint density at radius 2 is 2.00 bits per heavy atom. The lowest BCUT2D eigenvalue weighted by atomic mass is 10.2. The summed E-state index contributed by atoms with van der Waals surface area (Å²) in [6, 6.07) is 13.8. The summed E-state index contributed by atoms with van der Waals surface area (Å²) in [5, 5.41) is 7.46. The average molecular weight is 434 g/mol. The summed E-state index contributed by atoms with van der Waals surface area (Å²) in [7, 11) is 0. The number of aromatic amines is 1. The number of benzene rings is 2. The summed E-state index contributed by atoms with van der Waals surface area (Å²) in [5.41, 5.74) is 4.24. The molecule has 0 saturated carbocycles. The second kappa shape index (κ2) is 7.72. The highest BCUT2D eigenvalue weighted by Crippen LogP contribution is 2.13. The van der Waals surface area contributed by atoms with Crippen LogP contribution >= 0.6 is 27.5 Å². The number of aryl methyl sites for hydroxylation is 1. The Labute approximate surface area is 162 Å². The van der Waals surface area contributed by atoms with Gasteiger partial charge in [-0.25, -0.2) is 10.1 Å². The van der Waals surface area contributed by atoms with E-state index < -0.39 is 0 Å². The molecule has 3 rings (SSSR count). The van der Waals surface area contributed by atoms with Crippen molar-refractivity contribution in [1.29, 1.82) is 0 Å². The minimum absolute atomic E-state index is 0.273. The van der Waals surface area contributed by atoms with Crippen LogP contribution in [0.2, 0.25) is 5.02 Å². The van der Waals surface area contributed by atoms with E-state index in [1.807, 2.05) is 6.07 Å². The third-order valence-corrected chi connectivity index (χ3v) is 4.39. The minimum Gasteiger partial charge on any atom is -0.295 e. The molecule has 1 amide bonds. The fourth-order valence-electron chi connectivity index (χ4n) is 2.33. The third-order valence-electron chi connectivity index (χ3n) is 3.65. The van der Waals surface area contributed by atoms with Gasteiger partial charge in [-0.2, -0.15) is 5.10 Å². The summed E-state index contributed by atoms with van der Waals surface area (Å²) >= 11 is 9.18. The van der Waals surface area contributed by atoms with Gasteiger partial charge in [0.2, 0.25) is 0 Å². The van der Waals surface area contributed by atoms with E-state index in [9.17, 15) is 9.59 Å². The van der Waals surface area contributed by atoms with Crippen molar-refractivity contribution >= 4 is 39.7 Å². The smallest absolute Gasteiger partial charge is 0.280 e. The molecule has 2 N–H and O–H groups in total. The number of H-pyrrole nitrogens is 1. The van der Waals surface area contributed by atoms with Crippen LogP contribution in [0.25, 0.3) is 5.69 Å². The summed E-state index contributed by atoms with van der Waals surface area (Å²) in [4.78, 5) is 24.6. The lowest BCUT2D eigenvalue weighted by molar-refractivity contribution is 0.0955. The van der Waals surface area contributed by atoms with Gasteiger partial charge < -0.3 is 0 Å². The zero-order chi connectivity index (χ0) is 18.7. The Morgan fingerprint density at radius 3 is 2.69 bits per heavy atom. The molecule has 0 aliphatic carbocycles. The number of halogens is 2. The zero-order valence-corrected chi connectivity index (χ0v) is 16.0. The van der Waals surface area contributed by atoms with Crippen LogP contribution < -0.4 is 11.0 Å². The highest BCUT2D eigenvalue weighted by atomic mass is 79.9. The first-order chi connectivity index (χ1) is 12.5. The summed E-state index contributed by atoms with van der Waals surface area (Å²) < 4.78 is 2.19. The van der Waals surface area contributed by atoms with Crippen molar-refractivity contribution in [2.75, 3.05) is 0 Å². The van der Waals surface area contributed by atoms with Gasteiger partial charge in [-0.15, -0.1) is 0 Å². The number of nitrogens with zero attached hydrogens (tertiary/aromatic N) is 2. The van der Waals surface area contributed by atoms with E-state index in [1.165, 1.54) is 10.9 Å². The van der Waals surface area contributed by atoms with Gasteiger partial charge in [0.05, 0.1) is 17.5 Å². The van der Waals surface area contributed by atoms with Crippen LogP contribution in [0.5, 0.6) is 0 Å². The molecular formula is C18H14BrClN4O2. The van der Waals surface area contributed by atoms with Gasteiger partial charge >= 0.3 is 0 Å². The van der Waals surface area contributed by atoms with Crippen LogP contribution in [0, 0.1) is 6.92 Å². The van der Waals surface area contributed by atoms with E-state index in [-0.39, 0.29) is 11.5 Å². The monoisotopic (exact) mass is 432 g/mol. The predicted molar refractivity (Wildman–Crippen MR) is 105 cm³/mol. The second-order valence-electron chi connectivity index (χ2n) is 5.48. The summed E-state index contributed by atoms with van der Waals surface area (Å²) in [6.07, 6.45) is 1.33. The number of carbonyl (C=O) groups excluding carboxylic acids is 1. The second-order valence-corrected chi connectivity index (χ2v) is 6.83. The molecule has 0 unspecified atom stereocenters. The van der Waals surface area contributed by atoms with Crippen molar-refractivity contribution in [2.24, 2.45) is 5.10 Å². The molecule has 0 fully saturated rings. The van der Waals surface area contributed by atoms with Crippen molar-refractivity contribution in [3.8, 4) is 5.69 Å². The molecule has 0 atom stereocenters. The number of aromatic nitrogens is 2. The quantitative estimate of drug-likeness (QED) is 0.486. The fourth-order valence-corrected chi connectivity index (χ4v) is 2.86. The molecule has 6 nitrogen and oxygen atoms in total. The molecule has 8 heteroatoms. The predicted octanol–water partition coefficient (Wildman–Crippen LogP) is 3.65. The van der Waals surface area contributed by atoms with E-state index in [1.54, 1.807) is 49.4 Å². The molecule has 0 radical (unpaired) electrons. The van der Waals surface area contributed by atoms with Crippen LogP contribution in [-0.2, 0) is 0 Å². The molecule has 132 valence electrons. The number of rotatable bonds is 4. The maximum atomic E-state index is 12.6. The van der Waals surface area contributed by atoms with Crippen LogP contribution in [0.1, 0.15) is 21.6 Å². The number of nitrogens with one attached hydrogen (secondary N) is 2. The topological polar surface area (TPSA) is 79.2 Å². The highest BCUT2D eigenvalue weighted by Gasteiger charge is 2.11. The molecule has 1 heterocycles. The number of carbonyl (C=O) groups is 1. The minimum atomic E-state index is -0.367. The van der Waals surface area contributed by atoms with Crippen molar-refractivity contribution in [1.82, 2.24) is 15.2 Å². The van der Waals surface area contributed by atoms with E-state index in [2.05, 4.69) is 31.6 Å². The van der Waals surface area contributed by atoms with E-state index in [0.717, 1.165) is 4.47 Å². The lowest BCUT2D eigenvalue weighted by Crippen LogP contribution is -2.20. The van der Waals surface area contributed by atoms with Crippen molar-refractivity contribution in [2.45, 2.75) is 6.92 Å². The normalized spacial score (nSPS) is 11.0. The van der Waals surface area contributed by atoms with Gasteiger partial charge in [-0.1, -0.05) is 33.6 Å². The lowest BCUT2D eigenvalue weighted by Gasteiger charge is -2.00. The van der Waals surface area contributed by atoms with E-state index in [0.29, 0.717) is 27.5 Å². The van der Waals surface area contributed by atoms with Crippen molar-refractivity contribution in [3.05, 3.63) is 85.2 Å². The Morgan fingerprint density at radius 1 is 1.27 bits per heavy atom. The Kier molecular flexibility index (Phi) is 5.39. The zero-order valence-electron chi connectivity index (χ0n) is 13.7. The van der Waals surface area contributed by atoms with Crippen molar-refractivity contribution < 1.29 is 4.79 Å². The van der Waals surface area contributed by atoms with Gasteiger partial charge in [0.25, 0.3) is 11.5 Å². The molecule has 0 saturated heterocycles. The highest BCUT2D eigenvalue weighted by molar-refractivity contribution is 9.10. The number of amides is 1. The van der Waals surface area contributed by atoms with Gasteiger partial charge in [-0.3, -0.25) is 14.7 Å². The first-order valence-electron chi connectivity index (χ1n) is 7.62. The maximum absolute atomic E-state index is 12.6. The Bertz CT molecular complexity index is 1040. The largest absolute Gasteiger partial charge is 0.295 e. The third kappa shape index (κ3) is 3.95. The molecule has 0 aliphatic heterocycles. The molecule has 26 heavy (non-hydrogen) atoms. The summed E-state index contributed by atoms with van der Waals surface area (Å²) in [6.45, 7) is 1.76. The molecule has 3 aromatic rings. The van der Waals surface area contributed by atoms with Gasteiger partial charge in [0.15, 0.2) is 0 Å². The Balaban J connectivity index is 1.80. The van der Waals surface area contributed by atoms with E-state index in [4.69, 9.17) is 11.6 Å². The molecule has 0 aliphatic rings. The average Bonchev–Trinajstić information content (AvgIpc) is 2.90. The van der Waals surface area contributed by atoms with Crippen molar-refractivity contribution in [3.63, 3.8) is 0 Å². The first kappa shape index (κ1) is 18.2. The number of hydrogen-bond donors (Lipinski definition) is 2. The van der Waals surface area contributed by atoms with Crippen LogP contribution in [-0.4, -0.2) is 21.9 Å². The van der Waals surface area contributed by atoms with Gasteiger partial charge in [0, 0.05) is 20.8 Å². The van der Waals surface area contributed by atoms with Gasteiger partial charge in [-0.05, 0) is 49.4 Å². The molecule has 1 aromatic heterocycles. The maximum Gasteiger partial charge on any atom is 0.280 e. The van der Waals surface area contributed by atoms with Crippen LogP contribution in [0.4, 0.5) is 0 Å². The summed E-state index contributed by atoms with van der Waals surface area (Å²) in [5.74, 6) is -0.367. The van der Waals surface area contributed by atoms with E-state index >= 15 is 0 Å². The standard InChI is InChI=1S/C18H14BrClN4O2/c1-11-16(10-21-22-17(25)12-3-2-4-13(19)9-12)18(26)24(23-11)15-7-5-14(20)6-8-15/h2-10,23H,1H3,(H,22,25)/b21-10-. The number of hydrogen-bond acceptors (Lipinski definition) is 3. The van der Waals surface area contributed by atoms with Crippen LogP contribution in [0.15, 0.2) is 62.9 Å². The molecule has 0 bridgehead atoms.